The van der Waals surface area contributed by atoms with E-state index in [9.17, 15) is 4.79 Å². The molecule has 6 nitrogen and oxygen atoms in total. The van der Waals surface area contributed by atoms with E-state index in [0.717, 1.165) is 36.6 Å². The number of rotatable bonds is 5. The van der Waals surface area contributed by atoms with Crippen molar-refractivity contribution in [2.24, 2.45) is 5.92 Å². The van der Waals surface area contributed by atoms with E-state index in [1.807, 2.05) is 36.4 Å². The molecule has 2 heterocycles. The van der Waals surface area contributed by atoms with Gasteiger partial charge in [0.25, 0.3) is 5.91 Å². The average Bonchev–Trinajstić information content (AvgIpc) is 2.85. The lowest BCUT2D eigenvalue weighted by molar-refractivity contribution is 0.0746. The second kappa shape index (κ2) is 12.5. The van der Waals surface area contributed by atoms with Gasteiger partial charge in [-0.15, -0.1) is 0 Å². The van der Waals surface area contributed by atoms with E-state index < -0.39 is 0 Å². The minimum absolute atomic E-state index is 0.126. The zero-order valence-electron chi connectivity index (χ0n) is 20.7. The van der Waals surface area contributed by atoms with Crippen LogP contribution in [-0.4, -0.2) is 48.7 Å². The summed E-state index contributed by atoms with van der Waals surface area (Å²) in [5.74, 6) is 1.26. The van der Waals surface area contributed by atoms with Crippen LogP contribution in [0.4, 0.5) is 0 Å². The fourth-order valence-corrected chi connectivity index (χ4v) is 4.35. The van der Waals surface area contributed by atoms with Crippen molar-refractivity contribution < 1.29 is 14.3 Å². The summed E-state index contributed by atoms with van der Waals surface area (Å²) in [6, 6.07) is 20.0. The van der Waals surface area contributed by atoms with Crippen molar-refractivity contribution >= 4 is 5.91 Å². The fraction of sp³-hybridized carbons (Fsp3) is 0.379. The maximum absolute atomic E-state index is 12.9. The molecule has 35 heavy (non-hydrogen) atoms. The number of amides is 1. The third-order valence-corrected chi connectivity index (χ3v) is 5.93. The number of nitrogens with one attached hydrogen (secondary N) is 1. The van der Waals surface area contributed by atoms with Gasteiger partial charge in [-0.05, 0) is 52.9 Å². The zero-order chi connectivity index (χ0) is 24.5. The van der Waals surface area contributed by atoms with Crippen LogP contribution in [0.2, 0.25) is 0 Å². The molecular formula is C29H35N3O3. The number of pyridine rings is 1. The number of hydrogen-bond donors (Lipinski definition) is 1. The van der Waals surface area contributed by atoms with Gasteiger partial charge in [-0.2, -0.15) is 0 Å². The summed E-state index contributed by atoms with van der Waals surface area (Å²) in [6.45, 7) is 9.40. The highest BCUT2D eigenvalue weighted by atomic mass is 16.5. The summed E-state index contributed by atoms with van der Waals surface area (Å²) in [4.78, 5) is 19.6. The standard InChI is InChI=1S/C29H35N3O3/c1-22(2)20-32-12-13-34-14-15-35-28-10-9-25(29(33)31-19-27-8-3-4-11-30-27)18-26(28)17-23-6-5-7-24(16-23)21-32/h3-11,16,18,22H,12-15,17,19-21H2,1-2H3,(H,31,33). The molecule has 1 aliphatic heterocycles. The summed E-state index contributed by atoms with van der Waals surface area (Å²) in [7, 11) is 0. The van der Waals surface area contributed by atoms with Crippen LogP contribution in [0.5, 0.6) is 5.75 Å². The molecule has 6 heteroatoms. The Morgan fingerprint density at radius 2 is 1.91 bits per heavy atom. The summed E-state index contributed by atoms with van der Waals surface area (Å²) in [5, 5.41) is 2.96. The summed E-state index contributed by atoms with van der Waals surface area (Å²) in [5.41, 5.74) is 4.91. The Labute approximate surface area is 208 Å². The van der Waals surface area contributed by atoms with Gasteiger partial charge >= 0.3 is 0 Å². The van der Waals surface area contributed by atoms with Crippen LogP contribution in [-0.2, 0) is 24.2 Å². The van der Waals surface area contributed by atoms with Gasteiger partial charge in [-0.3, -0.25) is 14.7 Å². The number of fused-ring (bicyclic) bond motifs is 3. The first-order valence-corrected chi connectivity index (χ1v) is 12.4. The first-order chi connectivity index (χ1) is 17.1. The maximum atomic E-state index is 12.9. The average molecular weight is 474 g/mol. The SMILES string of the molecule is CC(C)CN1CCOCCOc2ccc(C(=O)NCc3ccccn3)cc2Cc2cccc(c2)C1. The van der Waals surface area contributed by atoms with E-state index in [0.29, 0.717) is 44.3 Å². The van der Waals surface area contributed by atoms with Gasteiger partial charge in [-0.1, -0.05) is 44.2 Å². The summed E-state index contributed by atoms with van der Waals surface area (Å²) in [6.07, 6.45) is 2.42. The molecule has 0 atom stereocenters. The van der Waals surface area contributed by atoms with E-state index in [1.54, 1.807) is 6.20 Å². The quantitative estimate of drug-likeness (QED) is 0.592. The van der Waals surface area contributed by atoms with Gasteiger partial charge < -0.3 is 14.8 Å². The molecule has 0 spiro atoms. The zero-order valence-corrected chi connectivity index (χ0v) is 20.7. The van der Waals surface area contributed by atoms with Crippen LogP contribution >= 0.6 is 0 Å². The van der Waals surface area contributed by atoms with Crippen LogP contribution in [0.15, 0.2) is 66.9 Å². The molecule has 0 saturated carbocycles. The molecule has 0 unspecified atom stereocenters. The van der Waals surface area contributed by atoms with Gasteiger partial charge in [0, 0.05) is 37.8 Å². The van der Waals surface area contributed by atoms with Crippen molar-refractivity contribution in [2.45, 2.75) is 33.4 Å². The molecule has 0 fully saturated rings. The molecule has 0 aliphatic carbocycles. The Kier molecular flexibility index (Phi) is 8.87. The minimum atomic E-state index is -0.126. The second-order valence-corrected chi connectivity index (χ2v) is 9.41. The molecule has 3 aromatic rings. The monoisotopic (exact) mass is 473 g/mol. The number of aromatic nitrogens is 1. The van der Waals surface area contributed by atoms with Crippen LogP contribution in [0, 0.1) is 5.92 Å². The molecule has 1 aromatic heterocycles. The van der Waals surface area contributed by atoms with Crippen molar-refractivity contribution in [3.05, 3.63) is 94.8 Å². The molecule has 2 aromatic carbocycles. The Morgan fingerprint density at radius 1 is 1.03 bits per heavy atom. The van der Waals surface area contributed by atoms with Crippen molar-refractivity contribution in [2.75, 3.05) is 32.9 Å². The Morgan fingerprint density at radius 3 is 2.74 bits per heavy atom. The smallest absolute Gasteiger partial charge is 0.251 e. The van der Waals surface area contributed by atoms with E-state index in [4.69, 9.17) is 9.47 Å². The number of benzene rings is 2. The largest absolute Gasteiger partial charge is 0.491 e. The number of nitrogens with zero attached hydrogens (tertiary/aromatic N) is 2. The highest BCUT2D eigenvalue weighted by Crippen LogP contribution is 2.25. The lowest BCUT2D eigenvalue weighted by atomic mass is 9.99. The van der Waals surface area contributed by atoms with Crippen LogP contribution in [0.1, 0.15) is 46.6 Å². The highest BCUT2D eigenvalue weighted by molar-refractivity contribution is 5.94. The lowest BCUT2D eigenvalue weighted by Crippen LogP contribution is -2.31. The predicted molar refractivity (Wildman–Crippen MR) is 138 cm³/mol. The van der Waals surface area contributed by atoms with E-state index in [1.165, 1.54) is 11.1 Å². The second-order valence-electron chi connectivity index (χ2n) is 9.41. The van der Waals surface area contributed by atoms with Gasteiger partial charge in [0.2, 0.25) is 0 Å². The van der Waals surface area contributed by atoms with Crippen LogP contribution in [0.25, 0.3) is 0 Å². The Hall–Kier alpha value is -3.22. The van der Waals surface area contributed by atoms with Crippen molar-refractivity contribution in [1.29, 1.82) is 0 Å². The molecule has 2 bridgehead atoms. The van der Waals surface area contributed by atoms with Crippen LogP contribution in [0.3, 0.4) is 0 Å². The van der Waals surface area contributed by atoms with Crippen molar-refractivity contribution in [1.82, 2.24) is 15.2 Å². The summed E-state index contributed by atoms with van der Waals surface area (Å²) < 4.78 is 11.9. The molecule has 0 saturated heterocycles. The predicted octanol–water partition coefficient (Wildman–Crippen LogP) is 4.47. The van der Waals surface area contributed by atoms with Crippen molar-refractivity contribution in [3.63, 3.8) is 0 Å². The Bertz CT molecular complexity index is 1100. The molecule has 0 radical (unpaired) electrons. The van der Waals surface area contributed by atoms with E-state index in [-0.39, 0.29) is 5.91 Å². The third-order valence-electron chi connectivity index (χ3n) is 5.93. The van der Waals surface area contributed by atoms with Gasteiger partial charge in [-0.25, -0.2) is 0 Å². The van der Waals surface area contributed by atoms with Crippen LogP contribution < -0.4 is 10.1 Å². The van der Waals surface area contributed by atoms with Gasteiger partial charge in [0.1, 0.15) is 12.4 Å². The third kappa shape index (κ3) is 7.64. The minimum Gasteiger partial charge on any atom is -0.491 e. The molecular weight excluding hydrogens is 438 g/mol. The Balaban J connectivity index is 1.54. The van der Waals surface area contributed by atoms with Crippen molar-refractivity contribution in [3.8, 4) is 5.75 Å². The van der Waals surface area contributed by atoms with Gasteiger partial charge in [0.05, 0.1) is 25.5 Å². The van der Waals surface area contributed by atoms with E-state index >= 15 is 0 Å². The van der Waals surface area contributed by atoms with E-state index in [2.05, 4.69) is 53.3 Å². The fourth-order valence-electron chi connectivity index (χ4n) is 4.35. The maximum Gasteiger partial charge on any atom is 0.251 e. The number of carbonyl (C=O) groups is 1. The van der Waals surface area contributed by atoms with Gasteiger partial charge in [0.15, 0.2) is 0 Å². The molecule has 4 rings (SSSR count). The first kappa shape index (κ1) is 24.9. The topological polar surface area (TPSA) is 63.7 Å². The molecule has 1 N–H and O–H groups in total. The molecule has 1 aliphatic rings. The highest BCUT2D eigenvalue weighted by Gasteiger charge is 2.14. The first-order valence-electron chi connectivity index (χ1n) is 12.4. The number of carbonyl (C=O) groups excluding carboxylic acids is 1. The lowest BCUT2D eigenvalue weighted by Gasteiger charge is -2.25. The number of hydrogen-bond acceptors (Lipinski definition) is 5. The number of ether oxygens (including phenoxy) is 2. The molecule has 1 amide bonds. The molecule has 184 valence electrons. The normalized spacial score (nSPS) is 15.1. The summed E-state index contributed by atoms with van der Waals surface area (Å²) >= 11 is 0.